The molecule has 0 bridgehead atoms. The highest BCUT2D eigenvalue weighted by molar-refractivity contribution is 5.98. The highest BCUT2D eigenvalue weighted by Crippen LogP contribution is 2.25. The molecule has 0 aromatic heterocycles. The number of carbonyl (C=O) groups excluding carboxylic acids is 6. The van der Waals surface area contributed by atoms with E-state index in [9.17, 15) is 63.6 Å². The van der Waals surface area contributed by atoms with Crippen molar-refractivity contribution in [3.05, 3.63) is 65.7 Å². The Bertz CT molecular complexity index is 1890. The maximum absolute atomic E-state index is 14.4. The molecule has 2 rings (SSSR count). The average Bonchev–Trinajstić information content (AvgIpc) is 3.17. The van der Waals surface area contributed by atoms with Crippen LogP contribution in [-0.2, 0) is 56.0 Å². The molecule has 0 spiro atoms. The summed E-state index contributed by atoms with van der Waals surface area (Å²) in [5, 5.41) is 46.5. The van der Waals surface area contributed by atoms with Crippen LogP contribution in [0.4, 0.5) is 0 Å². The quantitative estimate of drug-likeness (QED) is 0.0651. The lowest BCUT2D eigenvalue weighted by atomic mass is 9.80. The molecule has 16 nitrogen and oxygen atoms in total. The number of carboxylic acids is 3. The smallest absolute Gasteiger partial charge is 0.305 e. The number of rotatable bonds is 27. The van der Waals surface area contributed by atoms with E-state index in [1.54, 1.807) is 65.0 Å². The number of hydrogen-bond donors (Lipinski definition) is 7. The van der Waals surface area contributed by atoms with Crippen LogP contribution in [0.5, 0.6) is 5.75 Å². The van der Waals surface area contributed by atoms with Crippen LogP contribution < -0.4 is 16.0 Å². The van der Waals surface area contributed by atoms with Gasteiger partial charge in [0.15, 0.2) is 17.3 Å². The van der Waals surface area contributed by atoms with Gasteiger partial charge in [-0.1, -0.05) is 90.9 Å². The SMILES string of the molecule is CC(C)C[C@@H](CCC(=O)O)C(=O)N[C@@H](CC(=O)O)C(=O)C[C@@H](Cc1ccccc1)C(=O)N[C@@H](Cc1ccc(O)cc1)C(=O)C[C@@H](CC(=O)O)C(=O)N[C@H](C(=O)C(C)C)C(C)(C)C. The number of phenolic OH excluding ortho intramolecular Hbond substituents is 1. The third-order valence-electron chi connectivity index (χ3n) is 10.4. The molecule has 62 heavy (non-hydrogen) atoms. The number of hydrogen-bond acceptors (Lipinski definition) is 10. The van der Waals surface area contributed by atoms with Gasteiger partial charge >= 0.3 is 17.9 Å². The number of carbonyl (C=O) groups is 9. The number of phenols is 1. The van der Waals surface area contributed by atoms with Crippen molar-refractivity contribution >= 4 is 53.0 Å². The summed E-state index contributed by atoms with van der Waals surface area (Å²) in [6, 6.07) is 10.3. The van der Waals surface area contributed by atoms with Gasteiger partial charge in [-0.05, 0) is 60.3 Å². The topological polar surface area (TPSA) is 271 Å². The first-order valence-corrected chi connectivity index (χ1v) is 20.8. The summed E-state index contributed by atoms with van der Waals surface area (Å²) in [6.45, 7) is 12.2. The molecule has 2 aromatic rings. The Morgan fingerprint density at radius 2 is 1.06 bits per heavy atom. The number of Topliss-reactive ketones (excluding diaryl/α,β-unsaturated/α-hetero) is 3. The molecule has 0 aliphatic carbocycles. The van der Waals surface area contributed by atoms with E-state index in [4.69, 9.17) is 0 Å². The highest BCUT2D eigenvalue weighted by Gasteiger charge is 2.38. The number of ketones is 3. The summed E-state index contributed by atoms with van der Waals surface area (Å²) in [5.41, 5.74) is 0.307. The fourth-order valence-corrected chi connectivity index (χ4v) is 7.04. The Balaban J connectivity index is 2.54. The Morgan fingerprint density at radius 3 is 1.58 bits per heavy atom. The summed E-state index contributed by atoms with van der Waals surface area (Å²) in [4.78, 5) is 118. The van der Waals surface area contributed by atoms with Crippen molar-refractivity contribution in [3.63, 3.8) is 0 Å². The van der Waals surface area contributed by atoms with Gasteiger partial charge in [-0.15, -0.1) is 0 Å². The van der Waals surface area contributed by atoms with E-state index in [1.807, 2.05) is 13.8 Å². The van der Waals surface area contributed by atoms with Crippen LogP contribution in [0.1, 0.15) is 105 Å². The molecule has 0 fully saturated rings. The number of carboxylic acid groups (broad SMARTS) is 3. The minimum atomic E-state index is -1.59. The van der Waals surface area contributed by atoms with Crippen molar-refractivity contribution in [1.29, 1.82) is 0 Å². The van der Waals surface area contributed by atoms with Gasteiger partial charge in [-0.25, -0.2) is 0 Å². The third-order valence-corrected chi connectivity index (χ3v) is 10.4. The van der Waals surface area contributed by atoms with E-state index in [-0.39, 0.29) is 49.6 Å². The summed E-state index contributed by atoms with van der Waals surface area (Å²) in [5.74, 6) is -12.2. The molecule has 0 saturated heterocycles. The molecule has 0 aliphatic rings. The Kier molecular flexibility index (Phi) is 20.6. The second-order valence-electron chi connectivity index (χ2n) is 17.7. The molecule has 0 aliphatic heterocycles. The normalized spacial score (nSPS) is 14.4. The average molecular weight is 866 g/mol. The van der Waals surface area contributed by atoms with Crippen molar-refractivity contribution in [2.45, 2.75) is 124 Å². The number of aliphatic carboxylic acids is 3. The van der Waals surface area contributed by atoms with Gasteiger partial charge in [-0.3, -0.25) is 43.2 Å². The van der Waals surface area contributed by atoms with Crippen LogP contribution in [0.25, 0.3) is 0 Å². The van der Waals surface area contributed by atoms with Crippen molar-refractivity contribution in [2.24, 2.45) is 35.0 Å². The van der Waals surface area contributed by atoms with Crippen molar-refractivity contribution < 1.29 is 63.6 Å². The lowest BCUT2D eigenvalue weighted by molar-refractivity contribution is -0.143. The molecule has 6 atom stereocenters. The fraction of sp³-hybridized carbons (Fsp3) is 0.543. The minimum Gasteiger partial charge on any atom is -0.508 e. The molecule has 0 heterocycles. The van der Waals surface area contributed by atoms with E-state index < -0.39 is 120 Å². The van der Waals surface area contributed by atoms with Crippen molar-refractivity contribution in [2.75, 3.05) is 0 Å². The van der Waals surface area contributed by atoms with Crippen LogP contribution in [0.2, 0.25) is 0 Å². The molecular formula is C46H63N3O13. The second kappa shape index (κ2) is 24.5. The lowest BCUT2D eigenvalue weighted by Crippen LogP contribution is -2.53. The Labute approximate surface area is 362 Å². The first-order chi connectivity index (χ1) is 28.9. The predicted octanol–water partition coefficient (Wildman–Crippen LogP) is 4.53. The van der Waals surface area contributed by atoms with Gasteiger partial charge in [0, 0.05) is 37.0 Å². The summed E-state index contributed by atoms with van der Waals surface area (Å²) >= 11 is 0. The minimum absolute atomic E-state index is 0.0346. The maximum Gasteiger partial charge on any atom is 0.305 e. The van der Waals surface area contributed by atoms with Crippen LogP contribution in [0.3, 0.4) is 0 Å². The van der Waals surface area contributed by atoms with Crippen LogP contribution in [-0.4, -0.2) is 91.5 Å². The number of aromatic hydroxyl groups is 1. The zero-order chi connectivity index (χ0) is 46.9. The molecule has 7 N–H and O–H groups in total. The Morgan fingerprint density at radius 1 is 0.565 bits per heavy atom. The molecule has 0 saturated carbocycles. The lowest BCUT2D eigenvalue weighted by Gasteiger charge is -2.32. The predicted molar refractivity (Wildman–Crippen MR) is 228 cm³/mol. The van der Waals surface area contributed by atoms with Crippen LogP contribution in [0, 0.1) is 35.0 Å². The Hall–Kier alpha value is -5.93. The zero-order valence-corrected chi connectivity index (χ0v) is 36.6. The van der Waals surface area contributed by atoms with Gasteiger partial charge in [0.05, 0.1) is 36.9 Å². The van der Waals surface area contributed by atoms with Crippen molar-refractivity contribution in [1.82, 2.24) is 16.0 Å². The first-order valence-electron chi connectivity index (χ1n) is 20.8. The molecule has 340 valence electrons. The molecular weight excluding hydrogens is 803 g/mol. The van der Waals surface area contributed by atoms with E-state index in [1.165, 1.54) is 24.3 Å². The number of nitrogens with one attached hydrogen (secondary N) is 3. The van der Waals surface area contributed by atoms with Crippen LogP contribution in [0.15, 0.2) is 54.6 Å². The van der Waals surface area contributed by atoms with Gasteiger partial charge in [0.2, 0.25) is 17.7 Å². The van der Waals surface area contributed by atoms with E-state index in [0.29, 0.717) is 11.1 Å². The molecule has 3 amide bonds. The van der Waals surface area contributed by atoms with E-state index in [2.05, 4.69) is 16.0 Å². The highest BCUT2D eigenvalue weighted by atomic mass is 16.4. The third kappa shape index (κ3) is 18.4. The largest absolute Gasteiger partial charge is 0.508 e. The van der Waals surface area contributed by atoms with Gasteiger partial charge in [0.1, 0.15) is 5.75 Å². The zero-order valence-electron chi connectivity index (χ0n) is 36.6. The second-order valence-corrected chi connectivity index (χ2v) is 17.7. The van der Waals surface area contributed by atoms with E-state index in [0.717, 1.165) is 0 Å². The summed E-state index contributed by atoms with van der Waals surface area (Å²) < 4.78 is 0. The molecule has 0 unspecified atom stereocenters. The summed E-state index contributed by atoms with van der Waals surface area (Å²) in [7, 11) is 0. The molecule has 2 aromatic carbocycles. The first kappa shape index (κ1) is 52.2. The summed E-state index contributed by atoms with van der Waals surface area (Å²) in [6.07, 6.45) is -3.22. The van der Waals surface area contributed by atoms with Gasteiger partial charge < -0.3 is 36.4 Å². The maximum atomic E-state index is 14.4. The van der Waals surface area contributed by atoms with Crippen LogP contribution >= 0.6 is 0 Å². The van der Waals surface area contributed by atoms with E-state index >= 15 is 0 Å². The fourth-order valence-electron chi connectivity index (χ4n) is 7.04. The monoisotopic (exact) mass is 865 g/mol. The molecule has 0 radical (unpaired) electrons. The number of benzene rings is 2. The van der Waals surface area contributed by atoms with Gasteiger partial charge in [-0.2, -0.15) is 0 Å². The standard InChI is InChI=1S/C46H63N3O13/c1-26(2)19-30(15-18-38(53)54)43(60)48-35(25-40(57)58)37(52)22-31(20-28-11-9-8-10-12-28)44(61)47-34(21-29-13-16-33(50)17-14-29)36(51)23-32(24-39(55)56)45(62)49-42(46(5,6)7)41(59)27(3)4/h8-14,16-17,26-27,30-32,34-35,42,50H,15,18-25H2,1-7H3,(H,47,61)(H,48,60)(H,49,62)(H,53,54)(H,55,56)(H,57,58)/t30-,31-,32+,34+,35+,42-/m1/s1. The number of amides is 3. The van der Waals surface area contributed by atoms with Gasteiger partial charge in [0.25, 0.3) is 0 Å². The van der Waals surface area contributed by atoms with Crippen molar-refractivity contribution in [3.8, 4) is 5.75 Å². The molecule has 16 heteroatoms.